The molecule has 34 heavy (non-hydrogen) atoms. The first-order chi connectivity index (χ1) is 16.4. The van der Waals surface area contributed by atoms with Crippen molar-refractivity contribution in [2.24, 2.45) is 0 Å². The van der Waals surface area contributed by atoms with Crippen LogP contribution in [0.25, 0.3) is 5.76 Å². The number of rotatable bonds is 11. The van der Waals surface area contributed by atoms with Gasteiger partial charge in [0.2, 0.25) is 0 Å². The van der Waals surface area contributed by atoms with Crippen molar-refractivity contribution in [1.29, 1.82) is 0 Å². The van der Waals surface area contributed by atoms with Gasteiger partial charge in [0.15, 0.2) is 0 Å². The maximum absolute atomic E-state index is 13.1. The van der Waals surface area contributed by atoms with Crippen LogP contribution >= 0.6 is 0 Å². The van der Waals surface area contributed by atoms with Gasteiger partial charge in [0.05, 0.1) is 25.3 Å². The number of ether oxygens (including phenoxy) is 2. The zero-order valence-corrected chi connectivity index (χ0v) is 20.4. The van der Waals surface area contributed by atoms with Gasteiger partial charge in [-0.1, -0.05) is 26.0 Å². The molecule has 1 N–H and O–H groups in total. The summed E-state index contributed by atoms with van der Waals surface area (Å²) >= 11 is 0. The van der Waals surface area contributed by atoms with Gasteiger partial charge >= 0.3 is 0 Å². The van der Waals surface area contributed by atoms with Gasteiger partial charge in [-0.3, -0.25) is 9.59 Å². The Morgan fingerprint density at radius 1 is 0.971 bits per heavy atom. The molecule has 0 radical (unpaired) electrons. The molecule has 0 aromatic heterocycles. The van der Waals surface area contributed by atoms with Crippen LogP contribution in [-0.2, 0) is 9.59 Å². The molecule has 1 heterocycles. The third-order valence-corrected chi connectivity index (χ3v) is 6.18. The number of methoxy groups -OCH3 is 1. The first-order valence-electron chi connectivity index (χ1n) is 11.8. The SMILES string of the molecule is CCOc1ccc([C@H]2/C(=C(\O)c3ccc(OC)cc3)C(=O)C(=O)N2CCCN(CC)CC)cc1. The topological polar surface area (TPSA) is 79.3 Å². The van der Waals surface area contributed by atoms with Crippen LogP contribution in [0.5, 0.6) is 11.5 Å². The number of aliphatic hydroxyl groups excluding tert-OH is 1. The average Bonchev–Trinajstić information content (AvgIpc) is 3.12. The lowest BCUT2D eigenvalue weighted by molar-refractivity contribution is -0.140. The zero-order valence-electron chi connectivity index (χ0n) is 20.4. The van der Waals surface area contributed by atoms with Gasteiger partial charge in [0, 0.05) is 12.1 Å². The molecule has 3 rings (SSSR count). The summed E-state index contributed by atoms with van der Waals surface area (Å²) in [6, 6.07) is 13.4. The van der Waals surface area contributed by atoms with Gasteiger partial charge in [-0.05, 0) is 74.9 Å². The van der Waals surface area contributed by atoms with Crippen LogP contribution < -0.4 is 9.47 Å². The highest BCUT2D eigenvalue weighted by molar-refractivity contribution is 6.46. The minimum absolute atomic E-state index is 0.0992. The van der Waals surface area contributed by atoms with Gasteiger partial charge in [0.25, 0.3) is 11.7 Å². The number of hydrogen-bond acceptors (Lipinski definition) is 6. The van der Waals surface area contributed by atoms with Crippen LogP contribution in [0.4, 0.5) is 0 Å². The minimum Gasteiger partial charge on any atom is -0.507 e. The number of carbonyl (C=O) groups excluding carboxylic acids is 2. The van der Waals surface area contributed by atoms with Gasteiger partial charge in [-0.25, -0.2) is 0 Å². The third-order valence-electron chi connectivity index (χ3n) is 6.18. The summed E-state index contributed by atoms with van der Waals surface area (Å²) in [6.07, 6.45) is 0.727. The van der Waals surface area contributed by atoms with E-state index in [2.05, 4.69) is 18.7 Å². The van der Waals surface area contributed by atoms with Crippen molar-refractivity contribution < 1.29 is 24.2 Å². The Morgan fingerprint density at radius 2 is 1.59 bits per heavy atom. The molecule has 0 unspecified atom stereocenters. The van der Waals surface area contributed by atoms with Gasteiger partial charge in [-0.2, -0.15) is 0 Å². The van der Waals surface area contributed by atoms with E-state index in [-0.39, 0.29) is 11.3 Å². The molecule has 0 spiro atoms. The third kappa shape index (κ3) is 5.42. The second kappa shape index (κ2) is 11.7. The van der Waals surface area contributed by atoms with Crippen LogP contribution in [0.15, 0.2) is 54.1 Å². The summed E-state index contributed by atoms with van der Waals surface area (Å²) in [7, 11) is 1.56. The summed E-state index contributed by atoms with van der Waals surface area (Å²) in [6.45, 7) is 9.75. The van der Waals surface area contributed by atoms with Gasteiger partial charge < -0.3 is 24.4 Å². The molecule has 2 aromatic rings. The molecule has 2 aromatic carbocycles. The largest absolute Gasteiger partial charge is 0.507 e. The fourth-order valence-electron chi connectivity index (χ4n) is 4.28. The fraction of sp³-hybridized carbons (Fsp3) is 0.407. The van der Waals surface area contributed by atoms with E-state index in [0.29, 0.717) is 30.2 Å². The molecule has 0 saturated carbocycles. The Balaban J connectivity index is 2.01. The highest BCUT2D eigenvalue weighted by atomic mass is 16.5. The number of aliphatic hydroxyl groups is 1. The Bertz CT molecular complexity index is 1010. The Morgan fingerprint density at radius 3 is 2.15 bits per heavy atom. The van der Waals surface area contributed by atoms with Crippen molar-refractivity contribution >= 4 is 17.4 Å². The van der Waals surface area contributed by atoms with E-state index in [1.54, 1.807) is 36.3 Å². The first kappa shape index (κ1) is 25.3. The van der Waals surface area contributed by atoms with Crippen LogP contribution in [-0.4, -0.2) is 66.5 Å². The van der Waals surface area contributed by atoms with Crippen molar-refractivity contribution in [3.05, 3.63) is 65.2 Å². The number of likely N-dealkylation sites (tertiary alicyclic amines) is 1. The van der Waals surface area contributed by atoms with E-state index in [9.17, 15) is 14.7 Å². The van der Waals surface area contributed by atoms with Crippen molar-refractivity contribution in [1.82, 2.24) is 9.80 Å². The molecule has 1 amide bonds. The number of Topliss-reactive ketones (excluding diaryl/α,β-unsaturated/α-hetero) is 1. The first-order valence-corrected chi connectivity index (χ1v) is 11.8. The molecule has 182 valence electrons. The Hall–Kier alpha value is -3.32. The van der Waals surface area contributed by atoms with Crippen LogP contribution in [0.3, 0.4) is 0 Å². The molecule has 1 aliphatic rings. The summed E-state index contributed by atoms with van der Waals surface area (Å²) in [4.78, 5) is 30.1. The molecule has 0 bridgehead atoms. The average molecular weight is 467 g/mol. The maximum Gasteiger partial charge on any atom is 0.295 e. The minimum atomic E-state index is -0.672. The quantitative estimate of drug-likeness (QED) is 0.303. The second-order valence-corrected chi connectivity index (χ2v) is 8.10. The smallest absolute Gasteiger partial charge is 0.295 e. The van der Waals surface area contributed by atoms with Crippen LogP contribution in [0, 0.1) is 0 Å². The summed E-state index contributed by atoms with van der Waals surface area (Å²) < 4.78 is 10.7. The lowest BCUT2D eigenvalue weighted by Gasteiger charge is -2.27. The normalized spacial score (nSPS) is 17.4. The predicted octanol–water partition coefficient (Wildman–Crippen LogP) is 4.25. The molecular weight excluding hydrogens is 432 g/mol. The molecule has 1 aliphatic heterocycles. The molecule has 1 atom stereocenters. The second-order valence-electron chi connectivity index (χ2n) is 8.10. The van der Waals surface area contributed by atoms with Crippen LogP contribution in [0.2, 0.25) is 0 Å². The molecule has 7 heteroatoms. The van der Waals surface area contributed by atoms with Crippen molar-refractivity contribution in [2.45, 2.75) is 33.2 Å². The van der Waals surface area contributed by atoms with Crippen molar-refractivity contribution in [3.63, 3.8) is 0 Å². The number of hydrogen-bond donors (Lipinski definition) is 1. The van der Waals surface area contributed by atoms with E-state index >= 15 is 0 Å². The summed E-state index contributed by atoms with van der Waals surface area (Å²) in [5.74, 6) is -0.106. The molecule has 1 saturated heterocycles. The van der Waals surface area contributed by atoms with E-state index in [1.807, 2.05) is 31.2 Å². The van der Waals surface area contributed by atoms with E-state index in [1.165, 1.54) is 0 Å². The number of nitrogens with zero attached hydrogens (tertiary/aromatic N) is 2. The van der Waals surface area contributed by atoms with E-state index in [4.69, 9.17) is 9.47 Å². The van der Waals surface area contributed by atoms with Crippen LogP contribution in [0.1, 0.15) is 44.4 Å². The number of benzene rings is 2. The number of amides is 1. The molecule has 1 fully saturated rings. The number of ketones is 1. The predicted molar refractivity (Wildman–Crippen MR) is 132 cm³/mol. The zero-order chi connectivity index (χ0) is 24.7. The lowest BCUT2D eigenvalue weighted by atomic mass is 9.95. The van der Waals surface area contributed by atoms with Crippen molar-refractivity contribution in [3.8, 4) is 11.5 Å². The van der Waals surface area contributed by atoms with Crippen molar-refractivity contribution in [2.75, 3.05) is 39.9 Å². The highest BCUT2D eigenvalue weighted by Gasteiger charge is 2.45. The monoisotopic (exact) mass is 466 g/mol. The summed E-state index contributed by atoms with van der Waals surface area (Å²) in [5, 5.41) is 11.2. The standard InChI is InChI=1S/C27H34N2O5/c1-5-28(6-2)17-8-18-29-24(19-9-15-22(16-10-19)34-7-3)23(26(31)27(29)32)25(30)20-11-13-21(33-4)14-12-20/h9-16,24,30H,5-8,17-18H2,1-4H3/b25-23+/t24-/m0/s1. The number of carbonyl (C=O) groups is 2. The Kier molecular flexibility index (Phi) is 8.71. The maximum atomic E-state index is 13.1. The van der Waals surface area contributed by atoms with Gasteiger partial charge in [-0.15, -0.1) is 0 Å². The molecule has 7 nitrogen and oxygen atoms in total. The molecule has 0 aliphatic carbocycles. The van der Waals surface area contributed by atoms with Gasteiger partial charge in [0.1, 0.15) is 17.3 Å². The summed E-state index contributed by atoms with van der Waals surface area (Å²) in [5.41, 5.74) is 1.31. The molecular formula is C27H34N2O5. The Labute approximate surface area is 201 Å². The lowest BCUT2D eigenvalue weighted by Crippen LogP contribution is -2.33. The van der Waals surface area contributed by atoms with E-state index in [0.717, 1.165) is 31.6 Å². The highest BCUT2D eigenvalue weighted by Crippen LogP contribution is 2.40. The van der Waals surface area contributed by atoms with E-state index < -0.39 is 17.7 Å². The fourth-order valence-corrected chi connectivity index (χ4v) is 4.28.